The van der Waals surface area contributed by atoms with Crippen molar-refractivity contribution in [3.8, 4) is 0 Å². The molecule has 0 aliphatic heterocycles. The van der Waals surface area contributed by atoms with Crippen molar-refractivity contribution < 1.29 is 14.6 Å². The van der Waals surface area contributed by atoms with Gasteiger partial charge in [-0.05, 0) is 19.3 Å². The van der Waals surface area contributed by atoms with Crippen molar-refractivity contribution in [3.63, 3.8) is 0 Å². The average molecular weight is 159 g/mol. The van der Waals surface area contributed by atoms with E-state index in [4.69, 9.17) is 15.6 Å². The Balaban J connectivity index is 2.75. The molecule has 0 amide bonds. The molecular weight excluding hydrogens is 146 g/mol. The van der Waals surface area contributed by atoms with Gasteiger partial charge in [0.25, 0.3) is 0 Å². The van der Waals surface area contributed by atoms with E-state index in [9.17, 15) is 4.79 Å². The first-order chi connectivity index (χ1) is 5.11. The highest BCUT2D eigenvalue weighted by Gasteiger charge is 2.46. The third kappa shape index (κ3) is 1.23. The molecule has 0 radical (unpaired) electrons. The fourth-order valence-electron chi connectivity index (χ4n) is 1.57. The molecule has 0 aromatic rings. The first-order valence-corrected chi connectivity index (χ1v) is 3.66. The molecule has 0 aromatic heterocycles. The van der Waals surface area contributed by atoms with Gasteiger partial charge in [0.05, 0.1) is 6.10 Å². The van der Waals surface area contributed by atoms with Gasteiger partial charge in [0.2, 0.25) is 0 Å². The molecule has 0 unspecified atom stereocenters. The van der Waals surface area contributed by atoms with Gasteiger partial charge in [-0.2, -0.15) is 0 Å². The maximum absolute atomic E-state index is 10.7. The fourth-order valence-corrected chi connectivity index (χ4v) is 1.57. The number of hydrogen-bond donors (Lipinski definition) is 2. The molecule has 4 nitrogen and oxygen atoms in total. The molecule has 0 saturated heterocycles. The summed E-state index contributed by atoms with van der Waals surface area (Å²) >= 11 is 0. The van der Waals surface area contributed by atoms with Crippen molar-refractivity contribution in [2.24, 2.45) is 5.73 Å². The summed E-state index contributed by atoms with van der Waals surface area (Å²) in [5, 5.41) is 8.77. The van der Waals surface area contributed by atoms with Crippen LogP contribution in [0.3, 0.4) is 0 Å². The second-order valence-corrected chi connectivity index (χ2v) is 2.96. The van der Waals surface area contributed by atoms with E-state index in [0.29, 0.717) is 6.42 Å². The molecule has 3 N–H and O–H groups in total. The number of aliphatic carboxylic acids is 1. The average Bonchev–Trinajstić information content (AvgIpc) is 2.32. The van der Waals surface area contributed by atoms with Gasteiger partial charge in [-0.3, -0.25) is 4.79 Å². The highest BCUT2D eigenvalue weighted by molar-refractivity contribution is 5.79. The van der Waals surface area contributed by atoms with E-state index in [1.807, 2.05) is 0 Å². The van der Waals surface area contributed by atoms with E-state index in [0.717, 1.165) is 12.8 Å². The Morgan fingerprint density at radius 1 is 1.82 bits per heavy atom. The molecular formula is C7H13NO3. The maximum atomic E-state index is 10.7. The minimum atomic E-state index is -1.14. The first kappa shape index (κ1) is 8.49. The molecule has 0 spiro atoms. The Labute approximate surface area is 65.3 Å². The number of carbonyl (C=O) groups is 1. The van der Waals surface area contributed by atoms with Crippen molar-refractivity contribution in [3.05, 3.63) is 0 Å². The molecule has 4 heteroatoms. The van der Waals surface area contributed by atoms with Crippen LogP contribution in [-0.4, -0.2) is 29.8 Å². The Bertz CT molecular complexity index is 171. The molecule has 1 aliphatic rings. The van der Waals surface area contributed by atoms with Crippen molar-refractivity contribution in [1.82, 2.24) is 0 Å². The Kier molecular flexibility index (Phi) is 2.15. The molecule has 11 heavy (non-hydrogen) atoms. The largest absolute Gasteiger partial charge is 0.480 e. The quantitative estimate of drug-likeness (QED) is 0.593. The number of ether oxygens (including phenoxy) is 1. The molecule has 0 aromatic carbocycles. The van der Waals surface area contributed by atoms with Crippen LogP contribution in [0, 0.1) is 0 Å². The standard InChI is InChI=1S/C7H13NO3/c1-11-5-3-2-4-7(5,8)6(9)10/h5H,2-4,8H2,1H3,(H,9,10)/t5-,7+/m0/s1. The number of methoxy groups -OCH3 is 1. The van der Waals surface area contributed by atoms with Crippen LogP contribution < -0.4 is 5.73 Å². The lowest BCUT2D eigenvalue weighted by Gasteiger charge is -2.24. The lowest BCUT2D eigenvalue weighted by atomic mass is 9.97. The van der Waals surface area contributed by atoms with Gasteiger partial charge in [0.1, 0.15) is 5.54 Å². The lowest BCUT2D eigenvalue weighted by Crippen LogP contribution is -2.54. The number of rotatable bonds is 2. The van der Waals surface area contributed by atoms with Gasteiger partial charge in [-0.1, -0.05) is 0 Å². The summed E-state index contributed by atoms with van der Waals surface area (Å²) in [6.45, 7) is 0. The van der Waals surface area contributed by atoms with Gasteiger partial charge in [-0.15, -0.1) is 0 Å². The summed E-state index contributed by atoms with van der Waals surface area (Å²) in [4.78, 5) is 10.7. The molecule has 2 atom stereocenters. The molecule has 1 fully saturated rings. The summed E-state index contributed by atoms with van der Waals surface area (Å²) in [6, 6.07) is 0. The number of carboxylic acid groups (broad SMARTS) is 1. The summed E-state index contributed by atoms with van der Waals surface area (Å²) in [6.07, 6.45) is 1.78. The van der Waals surface area contributed by atoms with Crippen molar-refractivity contribution in [2.75, 3.05) is 7.11 Å². The van der Waals surface area contributed by atoms with E-state index in [2.05, 4.69) is 0 Å². The van der Waals surface area contributed by atoms with Crippen LogP contribution in [-0.2, 0) is 9.53 Å². The molecule has 0 heterocycles. The summed E-state index contributed by atoms with van der Waals surface area (Å²) < 4.78 is 4.98. The molecule has 0 bridgehead atoms. The number of hydrogen-bond acceptors (Lipinski definition) is 3. The predicted molar refractivity (Wildman–Crippen MR) is 39.2 cm³/mol. The second kappa shape index (κ2) is 2.79. The molecule has 64 valence electrons. The topological polar surface area (TPSA) is 72.5 Å². The van der Waals surface area contributed by atoms with Gasteiger partial charge >= 0.3 is 5.97 Å². The SMILES string of the molecule is CO[C@H]1CCC[C@]1(N)C(=O)O. The minimum absolute atomic E-state index is 0.319. The Hall–Kier alpha value is -0.610. The van der Waals surface area contributed by atoms with E-state index < -0.39 is 11.5 Å². The zero-order valence-electron chi connectivity index (χ0n) is 6.54. The summed E-state index contributed by atoms with van der Waals surface area (Å²) in [7, 11) is 1.50. The van der Waals surface area contributed by atoms with Crippen molar-refractivity contribution in [1.29, 1.82) is 0 Å². The maximum Gasteiger partial charge on any atom is 0.326 e. The smallest absolute Gasteiger partial charge is 0.326 e. The van der Waals surface area contributed by atoms with Gasteiger partial charge in [-0.25, -0.2) is 0 Å². The first-order valence-electron chi connectivity index (χ1n) is 3.66. The fraction of sp³-hybridized carbons (Fsp3) is 0.857. The lowest BCUT2D eigenvalue weighted by molar-refractivity contribution is -0.147. The van der Waals surface area contributed by atoms with E-state index >= 15 is 0 Å². The third-order valence-electron chi connectivity index (χ3n) is 2.31. The monoisotopic (exact) mass is 159 g/mol. The Morgan fingerprint density at radius 2 is 2.45 bits per heavy atom. The van der Waals surface area contributed by atoms with Crippen LogP contribution in [0.5, 0.6) is 0 Å². The van der Waals surface area contributed by atoms with Crippen LogP contribution in [0.2, 0.25) is 0 Å². The minimum Gasteiger partial charge on any atom is -0.480 e. The van der Waals surface area contributed by atoms with Crippen LogP contribution in [0.4, 0.5) is 0 Å². The number of carboxylic acids is 1. The second-order valence-electron chi connectivity index (χ2n) is 2.96. The van der Waals surface area contributed by atoms with E-state index in [1.54, 1.807) is 0 Å². The van der Waals surface area contributed by atoms with E-state index in [-0.39, 0.29) is 6.10 Å². The zero-order valence-corrected chi connectivity index (χ0v) is 6.54. The van der Waals surface area contributed by atoms with Gasteiger partial charge < -0.3 is 15.6 Å². The van der Waals surface area contributed by atoms with Crippen molar-refractivity contribution >= 4 is 5.97 Å². The van der Waals surface area contributed by atoms with Gasteiger partial charge in [0.15, 0.2) is 0 Å². The summed E-state index contributed by atoms with van der Waals surface area (Å²) in [5.41, 5.74) is 4.49. The van der Waals surface area contributed by atoms with Crippen LogP contribution in [0.15, 0.2) is 0 Å². The zero-order chi connectivity index (χ0) is 8.48. The van der Waals surface area contributed by atoms with E-state index in [1.165, 1.54) is 7.11 Å². The van der Waals surface area contributed by atoms with Crippen LogP contribution in [0.1, 0.15) is 19.3 Å². The molecule has 1 saturated carbocycles. The normalized spacial score (nSPS) is 37.5. The van der Waals surface area contributed by atoms with Crippen LogP contribution >= 0.6 is 0 Å². The third-order valence-corrected chi connectivity index (χ3v) is 2.31. The summed E-state index contributed by atoms with van der Waals surface area (Å²) in [5.74, 6) is -0.957. The molecule has 1 rings (SSSR count). The predicted octanol–water partition coefficient (Wildman–Crippen LogP) is -0.0326. The Morgan fingerprint density at radius 3 is 2.82 bits per heavy atom. The van der Waals surface area contributed by atoms with Crippen LogP contribution in [0.25, 0.3) is 0 Å². The number of nitrogens with two attached hydrogens (primary N) is 1. The highest BCUT2D eigenvalue weighted by Crippen LogP contribution is 2.29. The van der Waals surface area contributed by atoms with Gasteiger partial charge in [0, 0.05) is 7.11 Å². The van der Waals surface area contributed by atoms with Crippen molar-refractivity contribution in [2.45, 2.75) is 30.9 Å². The highest BCUT2D eigenvalue weighted by atomic mass is 16.5. The molecule has 1 aliphatic carbocycles.